The molecule has 0 aromatic heterocycles. The molecule has 0 unspecified atom stereocenters. The first-order chi connectivity index (χ1) is 9.62. The van der Waals surface area contributed by atoms with E-state index in [9.17, 15) is 10.2 Å². The molecule has 0 aromatic rings. The average Bonchev–Trinajstić information content (AvgIpc) is 2.47. The summed E-state index contributed by atoms with van der Waals surface area (Å²) >= 11 is 0. The van der Waals surface area contributed by atoms with E-state index in [1.807, 2.05) is 0 Å². The summed E-state index contributed by atoms with van der Waals surface area (Å²) in [6, 6.07) is 0. The smallest absolute Gasteiger partial charge is 0.852 e. The van der Waals surface area contributed by atoms with Gasteiger partial charge < -0.3 is 10.2 Å². The van der Waals surface area contributed by atoms with Gasteiger partial charge >= 0.3 is 23.1 Å². The van der Waals surface area contributed by atoms with Crippen molar-refractivity contribution >= 4 is 23.1 Å². The molecule has 0 bridgehead atoms. The molecule has 124 valence electrons. The van der Waals surface area contributed by atoms with E-state index in [2.05, 4.69) is 27.7 Å². The van der Waals surface area contributed by atoms with Gasteiger partial charge in [-0.15, -0.1) is 12.2 Å². The maximum Gasteiger partial charge on any atom is 2.00 e. The Labute approximate surface area is 150 Å². The molecule has 3 heteroatoms. The van der Waals surface area contributed by atoms with E-state index in [0.29, 0.717) is 0 Å². The van der Waals surface area contributed by atoms with Crippen molar-refractivity contribution in [3.05, 3.63) is 0 Å². The molecule has 0 saturated carbocycles. The van der Waals surface area contributed by atoms with Crippen LogP contribution in [-0.2, 0) is 0 Å². The molecule has 0 N–H and O–H groups in total. The van der Waals surface area contributed by atoms with Crippen molar-refractivity contribution < 1.29 is 10.2 Å². The van der Waals surface area contributed by atoms with Crippen molar-refractivity contribution in [2.75, 3.05) is 0 Å². The second kappa shape index (κ2) is 23.0. The van der Waals surface area contributed by atoms with Gasteiger partial charge in [-0.05, 0) is 0 Å². The summed E-state index contributed by atoms with van der Waals surface area (Å²) in [5.74, 6) is 0. The zero-order chi connectivity index (χ0) is 15.6. The van der Waals surface area contributed by atoms with Crippen LogP contribution in [-0.4, -0.2) is 35.3 Å². The van der Waals surface area contributed by atoms with Crippen molar-refractivity contribution in [3.63, 3.8) is 0 Å². The molecule has 0 saturated heterocycles. The Kier molecular flexibility index (Phi) is 29.1. The van der Waals surface area contributed by atoms with Crippen LogP contribution in [0, 0.1) is 0 Å². The molecule has 0 aliphatic rings. The van der Waals surface area contributed by atoms with E-state index in [4.69, 9.17) is 0 Å². The summed E-state index contributed by atoms with van der Waals surface area (Å²) in [6.45, 7) is 8.53. The van der Waals surface area contributed by atoms with E-state index in [-0.39, 0.29) is 35.3 Å². The molecular weight excluding hydrogens is 273 g/mol. The molecule has 0 aliphatic carbocycles. The first-order valence-electron chi connectivity index (χ1n) is 8.93. The minimum Gasteiger partial charge on any atom is -0.852 e. The fourth-order valence-electron chi connectivity index (χ4n) is 2.02. The van der Waals surface area contributed by atoms with Crippen molar-refractivity contribution in [2.24, 2.45) is 0 Å². The predicted octanol–water partition coefficient (Wildman–Crippen LogP) is 3.81. The van der Waals surface area contributed by atoms with Gasteiger partial charge in [-0.1, -0.05) is 105 Å². The normalized spacial score (nSPS) is 10.3. The van der Waals surface area contributed by atoms with Crippen molar-refractivity contribution in [1.82, 2.24) is 0 Å². The van der Waals surface area contributed by atoms with Gasteiger partial charge in [0, 0.05) is 0 Å². The van der Waals surface area contributed by atoms with Gasteiger partial charge in [0.15, 0.2) is 0 Å². The molecule has 0 heterocycles. The predicted molar refractivity (Wildman–Crippen MR) is 91.4 cm³/mol. The van der Waals surface area contributed by atoms with Gasteiger partial charge in [-0.25, -0.2) is 0 Å². The van der Waals surface area contributed by atoms with Crippen LogP contribution >= 0.6 is 0 Å². The monoisotopic (exact) mass is 310 g/mol. The quantitative estimate of drug-likeness (QED) is 0.515. The zero-order valence-electron chi connectivity index (χ0n) is 15.2. The van der Waals surface area contributed by atoms with E-state index >= 15 is 0 Å². The standard InChI is InChI=1S/2C9H19O.Mg/c2*1-3-5-7-9(10)8-6-4-2;/h2*9H,3-8H2,1-2H3;/q2*-1;+2. The van der Waals surface area contributed by atoms with Gasteiger partial charge in [0.1, 0.15) is 0 Å². The second-order valence-electron chi connectivity index (χ2n) is 5.81. The summed E-state index contributed by atoms with van der Waals surface area (Å²) in [5.41, 5.74) is 0. The van der Waals surface area contributed by atoms with Crippen LogP contribution in [0.25, 0.3) is 0 Å². The molecule has 0 rings (SSSR count). The SMILES string of the molecule is CCCCC([O-])CCCC.CCCCC([O-])CCCC.[Mg+2]. The van der Waals surface area contributed by atoms with E-state index in [0.717, 1.165) is 77.0 Å². The zero-order valence-corrected chi connectivity index (χ0v) is 16.6. The molecule has 2 nitrogen and oxygen atoms in total. The molecular formula is C18H38MgO2. The largest absolute Gasteiger partial charge is 2.00 e. The molecule has 0 aliphatic heterocycles. The number of unbranched alkanes of at least 4 members (excludes halogenated alkanes) is 4. The van der Waals surface area contributed by atoms with Gasteiger partial charge in [0.25, 0.3) is 0 Å². The molecule has 0 fully saturated rings. The molecule has 0 amide bonds. The second-order valence-corrected chi connectivity index (χ2v) is 5.81. The van der Waals surface area contributed by atoms with E-state index in [1.54, 1.807) is 0 Å². The summed E-state index contributed by atoms with van der Waals surface area (Å²) in [5, 5.41) is 22.1. The van der Waals surface area contributed by atoms with Crippen molar-refractivity contribution in [3.8, 4) is 0 Å². The molecule has 0 radical (unpaired) electrons. The van der Waals surface area contributed by atoms with Gasteiger partial charge in [-0.3, -0.25) is 0 Å². The van der Waals surface area contributed by atoms with E-state index < -0.39 is 0 Å². The number of hydrogen-bond donors (Lipinski definition) is 0. The molecule has 21 heavy (non-hydrogen) atoms. The topological polar surface area (TPSA) is 46.1 Å². The van der Waals surface area contributed by atoms with E-state index in [1.165, 1.54) is 0 Å². The Morgan fingerprint density at radius 2 is 0.714 bits per heavy atom. The Morgan fingerprint density at radius 3 is 0.857 bits per heavy atom. The summed E-state index contributed by atoms with van der Waals surface area (Å²) < 4.78 is 0. The van der Waals surface area contributed by atoms with Gasteiger partial charge in [-0.2, -0.15) is 0 Å². The van der Waals surface area contributed by atoms with Crippen molar-refractivity contribution in [1.29, 1.82) is 0 Å². The Hall–Kier alpha value is 0.686. The Bertz CT molecular complexity index is 131. The third-order valence-electron chi connectivity index (χ3n) is 3.52. The fourth-order valence-corrected chi connectivity index (χ4v) is 2.02. The number of rotatable bonds is 12. The first-order valence-corrected chi connectivity index (χ1v) is 8.93. The van der Waals surface area contributed by atoms with Crippen molar-refractivity contribution in [2.45, 2.75) is 117 Å². The van der Waals surface area contributed by atoms with Gasteiger partial charge in [0.05, 0.1) is 0 Å². The van der Waals surface area contributed by atoms with Crippen LogP contribution in [0.2, 0.25) is 0 Å². The summed E-state index contributed by atoms with van der Waals surface area (Å²) in [6.07, 6.45) is 12.1. The summed E-state index contributed by atoms with van der Waals surface area (Å²) in [4.78, 5) is 0. The van der Waals surface area contributed by atoms with Crippen LogP contribution in [0.5, 0.6) is 0 Å². The third kappa shape index (κ3) is 25.9. The molecule has 0 spiro atoms. The number of hydrogen-bond acceptors (Lipinski definition) is 2. The third-order valence-corrected chi connectivity index (χ3v) is 3.52. The van der Waals surface area contributed by atoms with Gasteiger partial charge in [0.2, 0.25) is 0 Å². The van der Waals surface area contributed by atoms with Crippen LogP contribution in [0.4, 0.5) is 0 Å². The minimum absolute atomic E-state index is 0. The first kappa shape index (κ1) is 26.6. The van der Waals surface area contributed by atoms with Crippen LogP contribution in [0.3, 0.4) is 0 Å². The van der Waals surface area contributed by atoms with Crippen LogP contribution < -0.4 is 10.2 Å². The minimum atomic E-state index is -0.278. The maximum absolute atomic E-state index is 11.0. The maximum atomic E-state index is 11.0. The molecule has 0 atom stereocenters. The van der Waals surface area contributed by atoms with Crippen LogP contribution in [0.1, 0.15) is 105 Å². The Morgan fingerprint density at radius 1 is 0.524 bits per heavy atom. The Balaban J connectivity index is -0.000000295. The molecule has 0 aromatic carbocycles. The van der Waals surface area contributed by atoms with Crippen LogP contribution in [0.15, 0.2) is 0 Å². The summed E-state index contributed by atoms with van der Waals surface area (Å²) in [7, 11) is 0. The fraction of sp³-hybridized carbons (Fsp3) is 1.00. The average molecular weight is 311 g/mol.